The number of benzene rings is 1. The molecule has 1 aromatic carbocycles. The van der Waals surface area contributed by atoms with Crippen molar-refractivity contribution >= 4 is 17.5 Å². The third-order valence-electron chi connectivity index (χ3n) is 3.59. The van der Waals surface area contributed by atoms with Gasteiger partial charge < -0.3 is 15.2 Å². The van der Waals surface area contributed by atoms with Crippen LogP contribution in [0.5, 0.6) is 0 Å². The predicted octanol–water partition coefficient (Wildman–Crippen LogP) is 1.04. The number of aliphatic hydroxyl groups excluding tert-OH is 1. The second kappa shape index (κ2) is 7.75. The number of amides is 1. The van der Waals surface area contributed by atoms with Crippen LogP contribution in [-0.4, -0.2) is 54.4 Å². The molecule has 116 valence electrons. The summed E-state index contributed by atoms with van der Waals surface area (Å²) < 4.78 is 5.46. The molecule has 21 heavy (non-hydrogen) atoms. The molecule has 0 radical (unpaired) electrons. The van der Waals surface area contributed by atoms with Crippen LogP contribution in [0.3, 0.4) is 0 Å². The number of carbonyl (C=O) groups is 1. The molecule has 0 saturated carbocycles. The zero-order valence-electron chi connectivity index (χ0n) is 12.1. The van der Waals surface area contributed by atoms with E-state index in [2.05, 4.69) is 5.32 Å². The lowest BCUT2D eigenvalue weighted by Crippen LogP contribution is -2.52. The fraction of sp³-hybridized carbons (Fsp3) is 0.533. The maximum absolute atomic E-state index is 12.0. The Kier molecular flexibility index (Phi) is 5.99. The lowest BCUT2D eigenvalue weighted by atomic mass is 10.2. The molecule has 1 aromatic rings. The number of hydrogen-bond donors (Lipinski definition) is 2. The molecule has 2 rings (SSSR count). The number of nitrogens with one attached hydrogen (secondary N) is 1. The number of carbonyl (C=O) groups excluding carboxylic acids is 1. The third-order valence-corrected chi connectivity index (χ3v) is 3.84. The quantitative estimate of drug-likeness (QED) is 0.853. The molecule has 2 atom stereocenters. The highest BCUT2D eigenvalue weighted by molar-refractivity contribution is 6.30. The molecule has 5 nitrogen and oxygen atoms in total. The minimum Gasteiger partial charge on any atom is -0.394 e. The average molecular weight is 313 g/mol. The highest BCUT2D eigenvalue weighted by Gasteiger charge is 2.26. The Hall–Kier alpha value is -1.14. The highest BCUT2D eigenvalue weighted by Crippen LogP contribution is 2.11. The van der Waals surface area contributed by atoms with Crippen molar-refractivity contribution in [2.45, 2.75) is 25.6 Å². The largest absolute Gasteiger partial charge is 0.394 e. The zero-order chi connectivity index (χ0) is 15.2. The number of hydrogen-bond acceptors (Lipinski definition) is 4. The van der Waals surface area contributed by atoms with E-state index in [1.807, 2.05) is 24.0 Å². The third kappa shape index (κ3) is 4.97. The summed E-state index contributed by atoms with van der Waals surface area (Å²) in [6.07, 6.45) is -0.203. The molecule has 0 aromatic heterocycles. The zero-order valence-corrected chi connectivity index (χ0v) is 12.8. The number of nitrogens with zero attached hydrogens (tertiary/aromatic N) is 1. The number of aliphatic hydroxyl groups is 1. The Bertz CT molecular complexity index is 466. The summed E-state index contributed by atoms with van der Waals surface area (Å²) in [6.45, 7) is 3.91. The molecule has 0 spiro atoms. The SMILES string of the molecule is CC1COC(CO)CN1CC(=O)NCc1ccc(Cl)cc1. The van der Waals surface area contributed by atoms with E-state index in [1.165, 1.54) is 0 Å². The van der Waals surface area contributed by atoms with E-state index < -0.39 is 0 Å². The van der Waals surface area contributed by atoms with Crippen molar-refractivity contribution in [3.63, 3.8) is 0 Å². The first-order valence-corrected chi connectivity index (χ1v) is 7.44. The second-order valence-electron chi connectivity index (χ2n) is 5.32. The van der Waals surface area contributed by atoms with Gasteiger partial charge in [-0.1, -0.05) is 23.7 Å². The summed E-state index contributed by atoms with van der Waals surface area (Å²) in [6, 6.07) is 7.57. The second-order valence-corrected chi connectivity index (χ2v) is 5.76. The maximum Gasteiger partial charge on any atom is 0.234 e. The van der Waals surface area contributed by atoms with Crippen LogP contribution in [0.4, 0.5) is 0 Å². The van der Waals surface area contributed by atoms with Gasteiger partial charge in [-0.05, 0) is 24.6 Å². The molecule has 2 unspecified atom stereocenters. The highest BCUT2D eigenvalue weighted by atomic mass is 35.5. The first-order valence-electron chi connectivity index (χ1n) is 7.06. The molecule has 1 aliphatic heterocycles. The molecule has 1 amide bonds. The van der Waals surface area contributed by atoms with E-state index in [0.29, 0.717) is 31.3 Å². The van der Waals surface area contributed by atoms with E-state index in [1.54, 1.807) is 12.1 Å². The standard InChI is InChI=1S/C15H21ClN2O3/c1-11-10-21-14(9-19)7-18(11)8-15(20)17-6-12-2-4-13(16)5-3-12/h2-5,11,14,19H,6-10H2,1H3,(H,17,20). The first-order chi connectivity index (χ1) is 10.1. The molecule has 0 bridgehead atoms. The van der Waals surface area contributed by atoms with Gasteiger partial charge in [0.05, 0.1) is 25.9 Å². The Labute approximate surface area is 129 Å². The summed E-state index contributed by atoms with van der Waals surface area (Å²) in [4.78, 5) is 14.0. The van der Waals surface area contributed by atoms with E-state index in [4.69, 9.17) is 21.4 Å². The number of morpholine rings is 1. The van der Waals surface area contributed by atoms with E-state index in [0.717, 1.165) is 5.56 Å². The van der Waals surface area contributed by atoms with Crippen LogP contribution in [0, 0.1) is 0 Å². The molecule has 1 saturated heterocycles. The fourth-order valence-electron chi connectivity index (χ4n) is 2.25. The van der Waals surface area contributed by atoms with Gasteiger partial charge in [0.2, 0.25) is 5.91 Å². The summed E-state index contributed by atoms with van der Waals surface area (Å²) in [5.74, 6) is -0.0320. The van der Waals surface area contributed by atoms with Gasteiger partial charge in [-0.15, -0.1) is 0 Å². The van der Waals surface area contributed by atoms with Crippen molar-refractivity contribution in [3.8, 4) is 0 Å². The van der Waals surface area contributed by atoms with Crippen molar-refractivity contribution in [3.05, 3.63) is 34.9 Å². The van der Waals surface area contributed by atoms with Crippen molar-refractivity contribution < 1.29 is 14.6 Å². The van der Waals surface area contributed by atoms with Gasteiger partial charge in [0, 0.05) is 24.2 Å². The van der Waals surface area contributed by atoms with Gasteiger partial charge in [-0.25, -0.2) is 0 Å². The molecule has 1 heterocycles. The van der Waals surface area contributed by atoms with Crippen LogP contribution < -0.4 is 5.32 Å². The van der Waals surface area contributed by atoms with Crippen molar-refractivity contribution in [1.29, 1.82) is 0 Å². The summed E-state index contributed by atoms with van der Waals surface area (Å²) >= 11 is 5.82. The number of halogens is 1. The number of rotatable bonds is 5. The Morgan fingerprint density at radius 3 is 2.86 bits per heavy atom. The summed E-state index contributed by atoms with van der Waals surface area (Å²) in [5.41, 5.74) is 1.01. The van der Waals surface area contributed by atoms with Gasteiger partial charge in [0.15, 0.2) is 0 Å². The lowest BCUT2D eigenvalue weighted by molar-refractivity contribution is -0.127. The predicted molar refractivity (Wildman–Crippen MR) is 81.2 cm³/mol. The Morgan fingerprint density at radius 2 is 2.19 bits per heavy atom. The van der Waals surface area contributed by atoms with E-state index in [9.17, 15) is 4.79 Å². The van der Waals surface area contributed by atoms with Gasteiger partial charge >= 0.3 is 0 Å². The number of ether oxygens (including phenoxy) is 1. The van der Waals surface area contributed by atoms with Gasteiger partial charge in [0.25, 0.3) is 0 Å². The maximum atomic E-state index is 12.0. The van der Waals surface area contributed by atoms with Gasteiger partial charge in [-0.3, -0.25) is 9.69 Å². The van der Waals surface area contributed by atoms with Gasteiger partial charge in [0.1, 0.15) is 0 Å². The van der Waals surface area contributed by atoms with Crippen molar-refractivity contribution in [2.75, 3.05) is 26.3 Å². The summed E-state index contributed by atoms with van der Waals surface area (Å²) in [7, 11) is 0. The summed E-state index contributed by atoms with van der Waals surface area (Å²) in [5, 5.41) is 12.7. The molecule has 6 heteroatoms. The normalized spacial score (nSPS) is 23.0. The van der Waals surface area contributed by atoms with Crippen LogP contribution >= 0.6 is 11.6 Å². The minimum atomic E-state index is -0.203. The van der Waals surface area contributed by atoms with Crippen LogP contribution in [-0.2, 0) is 16.1 Å². The van der Waals surface area contributed by atoms with Gasteiger partial charge in [-0.2, -0.15) is 0 Å². The molecule has 1 fully saturated rings. The minimum absolute atomic E-state index is 0.0182. The Morgan fingerprint density at radius 1 is 1.48 bits per heavy atom. The van der Waals surface area contributed by atoms with Crippen LogP contribution in [0.15, 0.2) is 24.3 Å². The molecule has 1 aliphatic rings. The van der Waals surface area contributed by atoms with Crippen LogP contribution in [0.1, 0.15) is 12.5 Å². The fourth-order valence-corrected chi connectivity index (χ4v) is 2.38. The van der Waals surface area contributed by atoms with Crippen LogP contribution in [0.25, 0.3) is 0 Å². The monoisotopic (exact) mass is 312 g/mol. The average Bonchev–Trinajstić information content (AvgIpc) is 2.49. The van der Waals surface area contributed by atoms with Crippen molar-refractivity contribution in [2.24, 2.45) is 0 Å². The smallest absolute Gasteiger partial charge is 0.234 e. The lowest BCUT2D eigenvalue weighted by Gasteiger charge is -2.36. The molecular weight excluding hydrogens is 292 g/mol. The molecule has 2 N–H and O–H groups in total. The topological polar surface area (TPSA) is 61.8 Å². The Balaban J connectivity index is 1.79. The van der Waals surface area contributed by atoms with Crippen LogP contribution in [0.2, 0.25) is 5.02 Å². The molecule has 0 aliphatic carbocycles. The molecular formula is C15H21ClN2O3. The van der Waals surface area contributed by atoms with E-state index >= 15 is 0 Å². The first kappa shape index (κ1) is 16.2. The van der Waals surface area contributed by atoms with Crippen molar-refractivity contribution in [1.82, 2.24) is 10.2 Å². The van der Waals surface area contributed by atoms with E-state index in [-0.39, 0.29) is 24.7 Å².